The van der Waals surface area contributed by atoms with Crippen LogP contribution in [0.15, 0.2) is 54.6 Å². The highest BCUT2D eigenvalue weighted by Crippen LogP contribution is 2.53. The summed E-state index contributed by atoms with van der Waals surface area (Å²) in [7, 11) is 1.52. The summed E-state index contributed by atoms with van der Waals surface area (Å²) in [6.45, 7) is 4.93. The summed E-state index contributed by atoms with van der Waals surface area (Å²) >= 11 is 0. The largest absolute Gasteiger partial charge is 0.455 e. The van der Waals surface area contributed by atoms with Crippen LogP contribution in [-0.4, -0.2) is 140 Å². The SMILES string of the molecule is COC[C@@H]1NC(=O)CC/C=C\[C@@H]2O[C@@]34C=CCN(CCN5CCOCC5)C(=O)[C@@H]3N(CCCCCCO)C(=O)[C@H]4[C@@H]2C(=O)O[C@H]1c1ccccc1. The maximum atomic E-state index is 14.7. The van der Waals surface area contributed by atoms with Crippen molar-refractivity contribution < 1.29 is 43.2 Å². The second kappa shape index (κ2) is 17.3. The minimum absolute atomic E-state index is 0.0922. The van der Waals surface area contributed by atoms with E-state index in [1.165, 1.54) is 7.11 Å². The van der Waals surface area contributed by atoms with Gasteiger partial charge < -0.3 is 39.2 Å². The van der Waals surface area contributed by atoms with E-state index in [-0.39, 0.29) is 37.4 Å². The van der Waals surface area contributed by atoms with Gasteiger partial charge in [0.2, 0.25) is 17.7 Å². The van der Waals surface area contributed by atoms with Crippen LogP contribution in [0, 0.1) is 11.8 Å². The number of rotatable bonds is 12. The van der Waals surface area contributed by atoms with Gasteiger partial charge in [-0.1, -0.05) is 67.5 Å². The topological polar surface area (TPSA) is 147 Å². The van der Waals surface area contributed by atoms with Gasteiger partial charge in [0, 0.05) is 59.4 Å². The Hall–Kier alpha value is -3.62. The van der Waals surface area contributed by atoms with Crippen LogP contribution in [-0.2, 0) is 38.1 Å². The first kappa shape index (κ1) is 37.1. The fourth-order valence-electron chi connectivity index (χ4n) is 8.21. The highest BCUT2D eigenvalue weighted by Gasteiger charge is 2.71. The maximum absolute atomic E-state index is 14.7. The van der Waals surface area contributed by atoms with Crippen molar-refractivity contribution in [3.63, 3.8) is 0 Å². The lowest BCUT2D eigenvalue weighted by atomic mass is 9.77. The molecule has 13 nitrogen and oxygen atoms in total. The third kappa shape index (κ3) is 8.07. The number of methoxy groups -OCH3 is 1. The molecule has 1 aromatic carbocycles. The Labute approximate surface area is 299 Å². The van der Waals surface area contributed by atoms with Crippen molar-refractivity contribution in [1.29, 1.82) is 0 Å². The van der Waals surface area contributed by atoms with E-state index in [0.717, 1.165) is 25.9 Å². The standard InChI is InChI=1S/C38H52N4O9/c1-48-26-28-33(27-12-5-4-6-13-27)50-37(47)31-29(14-7-8-15-30(44)39-28)51-38-16-11-17-41(20-19-40-21-24-49-25-22-40)36(46)34(38)42(35(45)32(31)38)18-9-2-3-10-23-43/h4-7,11-14,16,28-29,31-34,43H,2-3,8-10,15,17-26H2,1H3,(H,39,44)/b14-7-/t28-,29-,31+,32+,33-,34-,38+/m0/s1. The summed E-state index contributed by atoms with van der Waals surface area (Å²) in [5.74, 6) is -3.40. The van der Waals surface area contributed by atoms with E-state index in [0.29, 0.717) is 64.2 Å². The fraction of sp³-hybridized carbons (Fsp3) is 0.632. The fourth-order valence-corrected chi connectivity index (χ4v) is 8.21. The number of esters is 1. The zero-order valence-corrected chi connectivity index (χ0v) is 29.5. The number of ether oxygens (including phenoxy) is 4. The minimum Gasteiger partial charge on any atom is -0.455 e. The molecule has 51 heavy (non-hydrogen) atoms. The van der Waals surface area contributed by atoms with Crippen LogP contribution in [0.1, 0.15) is 50.2 Å². The molecular formula is C38H52N4O9. The summed E-state index contributed by atoms with van der Waals surface area (Å²) in [6.07, 6.45) is 9.01. The van der Waals surface area contributed by atoms with Crippen molar-refractivity contribution in [1.82, 2.24) is 20.0 Å². The highest BCUT2D eigenvalue weighted by atomic mass is 16.6. The molecule has 0 bridgehead atoms. The number of unbranched alkanes of at least 4 members (excludes halogenated alkanes) is 3. The molecule has 1 spiro atoms. The zero-order valence-electron chi connectivity index (χ0n) is 29.5. The maximum Gasteiger partial charge on any atom is 0.313 e. The first-order valence-electron chi connectivity index (χ1n) is 18.4. The van der Waals surface area contributed by atoms with Crippen LogP contribution in [0.25, 0.3) is 0 Å². The van der Waals surface area contributed by atoms with Gasteiger partial charge in [-0.25, -0.2) is 0 Å². The molecule has 5 aliphatic rings. The number of morpholine rings is 1. The molecule has 0 unspecified atom stereocenters. The van der Waals surface area contributed by atoms with E-state index >= 15 is 0 Å². The molecule has 5 aliphatic heterocycles. The van der Waals surface area contributed by atoms with E-state index in [1.807, 2.05) is 42.5 Å². The molecule has 0 radical (unpaired) electrons. The Morgan fingerprint density at radius 3 is 2.51 bits per heavy atom. The Kier molecular flexibility index (Phi) is 12.6. The number of likely N-dealkylation sites (tertiary alicyclic amines) is 1. The van der Waals surface area contributed by atoms with Gasteiger partial charge in [-0.3, -0.25) is 24.1 Å². The number of hydrogen-bond acceptors (Lipinski definition) is 10. The second-order valence-corrected chi connectivity index (χ2v) is 14.0. The average molecular weight is 709 g/mol. The molecule has 0 aromatic heterocycles. The molecule has 3 amide bonds. The normalized spacial score (nSPS) is 32.3. The van der Waals surface area contributed by atoms with Crippen molar-refractivity contribution in [2.45, 2.75) is 68.4 Å². The number of carbonyl (C=O) groups is 4. The third-order valence-electron chi connectivity index (χ3n) is 10.7. The number of aliphatic hydroxyl groups excluding tert-OH is 1. The number of allylic oxidation sites excluding steroid dienone is 1. The number of hydrogen-bond donors (Lipinski definition) is 2. The van der Waals surface area contributed by atoms with Crippen LogP contribution >= 0.6 is 0 Å². The number of aliphatic hydroxyl groups is 1. The summed E-state index contributed by atoms with van der Waals surface area (Å²) in [4.78, 5) is 62.7. The number of carbonyl (C=O) groups excluding carboxylic acids is 4. The van der Waals surface area contributed by atoms with Gasteiger partial charge in [0.15, 0.2) is 0 Å². The second-order valence-electron chi connectivity index (χ2n) is 14.0. The number of nitrogens with one attached hydrogen (secondary N) is 1. The van der Waals surface area contributed by atoms with E-state index in [1.54, 1.807) is 22.0 Å². The monoisotopic (exact) mass is 708 g/mol. The van der Waals surface area contributed by atoms with Gasteiger partial charge >= 0.3 is 5.97 Å². The Bertz CT molecular complexity index is 1430. The molecule has 278 valence electrons. The van der Waals surface area contributed by atoms with Crippen LogP contribution in [0.5, 0.6) is 0 Å². The van der Waals surface area contributed by atoms with Gasteiger partial charge in [0.25, 0.3) is 0 Å². The Balaban J connectivity index is 1.35. The molecule has 0 aliphatic carbocycles. The molecule has 2 N–H and O–H groups in total. The van der Waals surface area contributed by atoms with Crippen molar-refractivity contribution in [3.8, 4) is 0 Å². The number of nitrogens with zero attached hydrogens (tertiary/aromatic N) is 3. The van der Waals surface area contributed by atoms with Crippen molar-refractivity contribution in [2.75, 3.05) is 72.8 Å². The van der Waals surface area contributed by atoms with Gasteiger partial charge in [0.1, 0.15) is 23.7 Å². The van der Waals surface area contributed by atoms with E-state index in [2.05, 4.69) is 10.2 Å². The summed E-state index contributed by atoms with van der Waals surface area (Å²) in [5, 5.41) is 12.3. The van der Waals surface area contributed by atoms with Crippen LogP contribution in [0.2, 0.25) is 0 Å². The minimum atomic E-state index is -1.39. The van der Waals surface area contributed by atoms with Gasteiger partial charge in [-0.2, -0.15) is 0 Å². The number of cyclic esters (lactones) is 1. The molecule has 3 saturated heterocycles. The van der Waals surface area contributed by atoms with Crippen LogP contribution < -0.4 is 5.32 Å². The zero-order chi connectivity index (χ0) is 35.8. The van der Waals surface area contributed by atoms with Crippen LogP contribution in [0.3, 0.4) is 0 Å². The number of amides is 3. The average Bonchev–Trinajstić information content (AvgIpc) is 3.52. The summed E-state index contributed by atoms with van der Waals surface area (Å²) in [6, 6.07) is 7.53. The molecule has 5 heterocycles. The Morgan fingerprint density at radius 1 is 0.961 bits per heavy atom. The molecule has 1 aromatic rings. The lowest BCUT2D eigenvalue weighted by molar-refractivity contribution is -0.162. The predicted octanol–water partition coefficient (Wildman–Crippen LogP) is 1.62. The van der Waals surface area contributed by atoms with E-state index < -0.39 is 47.7 Å². The molecule has 7 atom stereocenters. The van der Waals surface area contributed by atoms with Gasteiger partial charge in [0.05, 0.1) is 37.9 Å². The number of fused-ring (bicyclic) bond motifs is 2. The number of benzene rings is 1. The lowest BCUT2D eigenvalue weighted by Gasteiger charge is -2.36. The third-order valence-corrected chi connectivity index (χ3v) is 10.7. The quantitative estimate of drug-likeness (QED) is 0.187. The summed E-state index contributed by atoms with van der Waals surface area (Å²) < 4.78 is 24.2. The molecular weight excluding hydrogens is 656 g/mol. The Morgan fingerprint density at radius 2 is 1.75 bits per heavy atom. The summed E-state index contributed by atoms with van der Waals surface area (Å²) in [5.41, 5.74) is -0.722. The lowest BCUT2D eigenvalue weighted by Crippen LogP contribution is -2.56. The predicted molar refractivity (Wildman–Crippen MR) is 186 cm³/mol. The molecule has 3 fully saturated rings. The van der Waals surface area contributed by atoms with Crippen molar-refractivity contribution in [3.05, 3.63) is 60.2 Å². The smallest absolute Gasteiger partial charge is 0.313 e. The first-order valence-corrected chi connectivity index (χ1v) is 18.4. The van der Waals surface area contributed by atoms with E-state index in [9.17, 15) is 24.3 Å². The highest BCUT2D eigenvalue weighted by molar-refractivity contribution is 5.99. The molecule has 6 rings (SSSR count). The van der Waals surface area contributed by atoms with E-state index in [4.69, 9.17) is 18.9 Å². The van der Waals surface area contributed by atoms with Crippen LogP contribution in [0.4, 0.5) is 0 Å². The molecule has 13 heteroatoms. The van der Waals surface area contributed by atoms with Gasteiger partial charge in [-0.15, -0.1) is 0 Å². The van der Waals surface area contributed by atoms with Crippen molar-refractivity contribution in [2.24, 2.45) is 11.8 Å². The van der Waals surface area contributed by atoms with Crippen molar-refractivity contribution >= 4 is 23.7 Å². The molecule has 0 saturated carbocycles. The van der Waals surface area contributed by atoms with Gasteiger partial charge in [-0.05, 0) is 24.8 Å². The first-order chi connectivity index (χ1) is 24.9.